The molecule has 0 unspecified atom stereocenters. The lowest BCUT2D eigenvalue weighted by molar-refractivity contribution is 0.353. The Hall–Kier alpha value is -2.99. The number of aromatic nitrogens is 2. The summed E-state index contributed by atoms with van der Waals surface area (Å²) in [4.78, 5) is 4.89. The third-order valence-electron chi connectivity index (χ3n) is 5.73. The smallest absolute Gasteiger partial charge is 0.204 e. The van der Waals surface area contributed by atoms with Gasteiger partial charge in [-0.25, -0.2) is 4.98 Å². The predicted octanol–water partition coefficient (Wildman–Crippen LogP) is 5.96. The Bertz CT molecular complexity index is 1200. The molecule has 0 bridgehead atoms. The molecule has 2 heterocycles. The first-order valence-electron chi connectivity index (χ1n) is 9.89. The summed E-state index contributed by atoms with van der Waals surface area (Å²) in [7, 11) is 3.33. The lowest BCUT2D eigenvalue weighted by Gasteiger charge is -2.33. The van der Waals surface area contributed by atoms with Crippen LogP contribution in [0.15, 0.2) is 71.2 Å². The minimum Gasteiger partial charge on any atom is -0.493 e. The van der Waals surface area contributed by atoms with Gasteiger partial charge in [0.1, 0.15) is 0 Å². The zero-order valence-corrected chi connectivity index (χ0v) is 18.4. The summed E-state index contributed by atoms with van der Waals surface area (Å²) in [6.07, 6.45) is 0.893. The maximum atomic E-state index is 5.58. The van der Waals surface area contributed by atoms with Crippen LogP contribution >= 0.6 is 15.9 Å². The molecule has 5 rings (SSSR count). The molecule has 3 aromatic carbocycles. The van der Waals surface area contributed by atoms with Crippen molar-refractivity contribution in [2.75, 3.05) is 19.5 Å². The number of nitrogens with zero attached hydrogens (tertiary/aromatic N) is 2. The van der Waals surface area contributed by atoms with E-state index in [1.807, 2.05) is 12.1 Å². The molecule has 1 aliphatic heterocycles. The highest BCUT2D eigenvalue weighted by molar-refractivity contribution is 9.10. The molecule has 0 aliphatic carbocycles. The van der Waals surface area contributed by atoms with Crippen LogP contribution in [-0.2, 0) is 0 Å². The number of halogens is 1. The first kappa shape index (κ1) is 19.0. The largest absolute Gasteiger partial charge is 0.493 e. The van der Waals surface area contributed by atoms with E-state index in [0.29, 0.717) is 0 Å². The molecular formula is C24H22BrN3O2. The number of fused-ring (bicyclic) bond motifs is 3. The standard InChI is InChI=1S/C24H22BrN3O2/c1-29-22-12-9-16(13-23(22)30-2)21-14-19(15-7-10-17(25)11-8-15)27-24-26-18-5-3-4-6-20(18)28(21)24/h3-13,19,21H,14H2,1-2H3,(H,26,27)/t19-,21+/m0/s1. The van der Waals surface area contributed by atoms with Gasteiger partial charge in [-0.15, -0.1) is 0 Å². The molecule has 152 valence electrons. The number of benzene rings is 3. The highest BCUT2D eigenvalue weighted by atomic mass is 79.9. The summed E-state index contributed by atoms with van der Waals surface area (Å²) in [6.45, 7) is 0. The van der Waals surface area contributed by atoms with E-state index in [0.717, 1.165) is 39.4 Å². The van der Waals surface area contributed by atoms with Gasteiger partial charge in [0.05, 0.1) is 37.3 Å². The van der Waals surface area contributed by atoms with Crippen molar-refractivity contribution >= 4 is 32.9 Å². The molecule has 6 heteroatoms. The van der Waals surface area contributed by atoms with Gasteiger partial charge in [-0.3, -0.25) is 0 Å². The minimum atomic E-state index is 0.113. The van der Waals surface area contributed by atoms with Crippen molar-refractivity contribution in [2.45, 2.75) is 18.5 Å². The Labute approximate surface area is 183 Å². The third-order valence-corrected chi connectivity index (χ3v) is 6.26. The van der Waals surface area contributed by atoms with E-state index in [1.165, 1.54) is 11.1 Å². The van der Waals surface area contributed by atoms with Crippen LogP contribution < -0.4 is 14.8 Å². The second-order valence-corrected chi connectivity index (χ2v) is 8.32. The summed E-state index contributed by atoms with van der Waals surface area (Å²) >= 11 is 3.53. The Kier molecular flexibility index (Phi) is 4.87. The number of rotatable bonds is 4. The zero-order valence-electron chi connectivity index (χ0n) is 16.8. The number of methoxy groups -OCH3 is 2. The van der Waals surface area contributed by atoms with E-state index in [2.05, 4.69) is 80.4 Å². The van der Waals surface area contributed by atoms with E-state index in [4.69, 9.17) is 14.5 Å². The minimum absolute atomic E-state index is 0.113. The summed E-state index contributed by atoms with van der Waals surface area (Å²) in [5, 5.41) is 3.65. The second-order valence-electron chi connectivity index (χ2n) is 7.41. The molecule has 1 N–H and O–H groups in total. The van der Waals surface area contributed by atoms with Gasteiger partial charge in [0.25, 0.3) is 0 Å². The molecule has 0 saturated carbocycles. The highest BCUT2D eigenvalue weighted by Crippen LogP contribution is 2.43. The number of hydrogen-bond acceptors (Lipinski definition) is 4. The lowest BCUT2D eigenvalue weighted by Crippen LogP contribution is -2.27. The molecule has 0 fully saturated rings. The highest BCUT2D eigenvalue weighted by Gasteiger charge is 2.31. The van der Waals surface area contributed by atoms with Gasteiger partial charge in [-0.05, 0) is 53.9 Å². The Morgan fingerprint density at radius 2 is 1.67 bits per heavy atom. The Morgan fingerprint density at radius 1 is 0.933 bits per heavy atom. The van der Waals surface area contributed by atoms with Crippen LogP contribution in [0.25, 0.3) is 11.0 Å². The van der Waals surface area contributed by atoms with E-state index < -0.39 is 0 Å². The van der Waals surface area contributed by atoms with Crippen LogP contribution in [-0.4, -0.2) is 23.8 Å². The molecule has 0 spiro atoms. The predicted molar refractivity (Wildman–Crippen MR) is 123 cm³/mol. The molecule has 2 atom stereocenters. The summed E-state index contributed by atoms with van der Waals surface area (Å²) < 4.78 is 14.4. The van der Waals surface area contributed by atoms with Crippen LogP contribution in [0, 0.1) is 0 Å². The first-order chi connectivity index (χ1) is 14.7. The Balaban J connectivity index is 1.65. The molecule has 30 heavy (non-hydrogen) atoms. The number of nitrogens with one attached hydrogen (secondary N) is 1. The van der Waals surface area contributed by atoms with E-state index in [9.17, 15) is 0 Å². The van der Waals surface area contributed by atoms with Crippen molar-refractivity contribution in [3.05, 3.63) is 82.3 Å². The fraction of sp³-hybridized carbons (Fsp3) is 0.208. The molecule has 4 aromatic rings. The third kappa shape index (κ3) is 3.21. The Morgan fingerprint density at radius 3 is 2.43 bits per heavy atom. The summed E-state index contributed by atoms with van der Waals surface area (Å²) in [5.74, 6) is 2.35. The zero-order chi connectivity index (χ0) is 20.7. The fourth-order valence-electron chi connectivity index (χ4n) is 4.26. The normalized spacial score (nSPS) is 18.0. The number of anilines is 1. The molecule has 5 nitrogen and oxygen atoms in total. The van der Waals surface area contributed by atoms with E-state index in [1.54, 1.807) is 14.2 Å². The number of imidazole rings is 1. The van der Waals surface area contributed by atoms with Crippen LogP contribution in [0.4, 0.5) is 5.95 Å². The van der Waals surface area contributed by atoms with Crippen molar-refractivity contribution in [2.24, 2.45) is 0 Å². The lowest BCUT2D eigenvalue weighted by atomic mass is 9.92. The summed E-state index contributed by atoms with van der Waals surface area (Å²) in [6, 6.07) is 23.2. The first-order valence-corrected chi connectivity index (χ1v) is 10.7. The number of para-hydroxylation sites is 2. The van der Waals surface area contributed by atoms with Crippen molar-refractivity contribution in [1.82, 2.24) is 9.55 Å². The van der Waals surface area contributed by atoms with Gasteiger partial charge in [0.2, 0.25) is 5.95 Å². The molecule has 1 aromatic heterocycles. The average Bonchev–Trinajstić information content (AvgIpc) is 3.17. The van der Waals surface area contributed by atoms with Gasteiger partial charge in [-0.1, -0.05) is 46.3 Å². The maximum Gasteiger partial charge on any atom is 0.204 e. The molecule has 1 aliphatic rings. The van der Waals surface area contributed by atoms with Gasteiger partial charge in [0.15, 0.2) is 11.5 Å². The van der Waals surface area contributed by atoms with Gasteiger partial charge >= 0.3 is 0 Å². The van der Waals surface area contributed by atoms with Gasteiger partial charge < -0.3 is 19.4 Å². The molecule has 0 amide bonds. The monoisotopic (exact) mass is 463 g/mol. The quantitative estimate of drug-likeness (QED) is 0.405. The van der Waals surface area contributed by atoms with Gasteiger partial charge in [0, 0.05) is 4.47 Å². The SMILES string of the molecule is COc1ccc([C@H]2C[C@@H](c3ccc(Br)cc3)Nc3nc4ccccc4n32)cc1OC. The number of ether oxygens (including phenoxy) is 2. The van der Waals surface area contributed by atoms with Crippen molar-refractivity contribution < 1.29 is 9.47 Å². The number of hydrogen-bond donors (Lipinski definition) is 1. The van der Waals surface area contributed by atoms with Crippen molar-refractivity contribution in [1.29, 1.82) is 0 Å². The van der Waals surface area contributed by atoms with E-state index >= 15 is 0 Å². The van der Waals surface area contributed by atoms with Crippen LogP contribution in [0.1, 0.15) is 29.6 Å². The fourth-order valence-corrected chi connectivity index (χ4v) is 4.53. The van der Waals surface area contributed by atoms with Crippen molar-refractivity contribution in [3.63, 3.8) is 0 Å². The van der Waals surface area contributed by atoms with Gasteiger partial charge in [-0.2, -0.15) is 0 Å². The molecular weight excluding hydrogens is 442 g/mol. The molecule has 0 radical (unpaired) electrons. The maximum absolute atomic E-state index is 5.58. The van der Waals surface area contributed by atoms with Crippen LogP contribution in [0.5, 0.6) is 11.5 Å². The molecule has 0 saturated heterocycles. The van der Waals surface area contributed by atoms with Crippen LogP contribution in [0.3, 0.4) is 0 Å². The van der Waals surface area contributed by atoms with Crippen LogP contribution in [0.2, 0.25) is 0 Å². The second kappa shape index (κ2) is 7.69. The average molecular weight is 464 g/mol. The van der Waals surface area contributed by atoms with E-state index in [-0.39, 0.29) is 12.1 Å². The van der Waals surface area contributed by atoms with Crippen molar-refractivity contribution in [3.8, 4) is 11.5 Å². The summed E-state index contributed by atoms with van der Waals surface area (Å²) in [5.41, 5.74) is 4.51. The topological polar surface area (TPSA) is 48.3 Å².